The minimum absolute atomic E-state index is 0.198. The standard InChI is InChI=1S/C6H6BrN3O2/c7-3-1-8-6-5(9-3)10-4(11)2-12-6/h1,4,11H,2H2,(H,9,10). The first-order chi connectivity index (χ1) is 5.75. The van der Waals surface area contributed by atoms with Gasteiger partial charge in [0.05, 0.1) is 6.20 Å². The lowest BCUT2D eigenvalue weighted by Crippen LogP contribution is -2.31. The van der Waals surface area contributed by atoms with Crippen LogP contribution in [0, 0.1) is 0 Å². The van der Waals surface area contributed by atoms with Crippen molar-refractivity contribution in [2.75, 3.05) is 11.9 Å². The van der Waals surface area contributed by atoms with Gasteiger partial charge in [-0.3, -0.25) is 0 Å². The van der Waals surface area contributed by atoms with Gasteiger partial charge in [0.1, 0.15) is 11.2 Å². The Balaban J connectivity index is 2.37. The smallest absolute Gasteiger partial charge is 0.257 e. The lowest BCUT2D eigenvalue weighted by Gasteiger charge is -2.21. The quantitative estimate of drug-likeness (QED) is 0.676. The van der Waals surface area contributed by atoms with E-state index in [9.17, 15) is 0 Å². The molecule has 6 heteroatoms. The maximum atomic E-state index is 9.13. The van der Waals surface area contributed by atoms with Crippen LogP contribution in [0.15, 0.2) is 10.8 Å². The van der Waals surface area contributed by atoms with Crippen molar-refractivity contribution in [1.29, 1.82) is 0 Å². The molecule has 0 amide bonds. The van der Waals surface area contributed by atoms with Crippen LogP contribution in [-0.4, -0.2) is 27.9 Å². The van der Waals surface area contributed by atoms with E-state index in [1.807, 2.05) is 0 Å². The molecule has 1 aromatic heterocycles. The molecular formula is C6H6BrN3O2. The third-order valence-electron chi connectivity index (χ3n) is 1.39. The highest BCUT2D eigenvalue weighted by Crippen LogP contribution is 2.24. The molecule has 0 spiro atoms. The fourth-order valence-electron chi connectivity index (χ4n) is 0.914. The van der Waals surface area contributed by atoms with E-state index in [1.165, 1.54) is 6.20 Å². The van der Waals surface area contributed by atoms with Crippen LogP contribution in [0.2, 0.25) is 0 Å². The first-order valence-corrected chi connectivity index (χ1v) is 4.15. The van der Waals surface area contributed by atoms with E-state index in [0.717, 1.165) is 0 Å². The second-order valence-corrected chi connectivity index (χ2v) is 3.13. The minimum Gasteiger partial charge on any atom is -0.470 e. The Labute approximate surface area is 76.9 Å². The van der Waals surface area contributed by atoms with E-state index in [1.54, 1.807) is 0 Å². The predicted molar refractivity (Wildman–Crippen MR) is 44.9 cm³/mol. The summed E-state index contributed by atoms with van der Waals surface area (Å²) in [5, 5.41) is 11.9. The van der Waals surface area contributed by atoms with Crippen LogP contribution in [0.4, 0.5) is 5.82 Å². The lowest BCUT2D eigenvalue weighted by molar-refractivity contribution is 0.115. The van der Waals surface area contributed by atoms with Crippen molar-refractivity contribution in [2.24, 2.45) is 0 Å². The molecule has 2 N–H and O–H groups in total. The second kappa shape index (κ2) is 2.87. The Kier molecular flexibility index (Phi) is 1.86. The molecule has 1 aliphatic heterocycles. The number of hydrogen-bond donors (Lipinski definition) is 2. The number of nitrogens with zero attached hydrogens (tertiary/aromatic N) is 2. The zero-order valence-corrected chi connectivity index (χ0v) is 7.58. The number of fused-ring (bicyclic) bond motifs is 1. The van der Waals surface area contributed by atoms with E-state index in [4.69, 9.17) is 9.84 Å². The van der Waals surface area contributed by atoms with E-state index in [0.29, 0.717) is 16.3 Å². The summed E-state index contributed by atoms with van der Waals surface area (Å²) in [7, 11) is 0. The number of nitrogens with one attached hydrogen (secondary N) is 1. The monoisotopic (exact) mass is 231 g/mol. The molecule has 2 rings (SSSR count). The van der Waals surface area contributed by atoms with Crippen molar-refractivity contribution in [1.82, 2.24) is 9.97 Å². The molecule has 0 radical (unpaired) electrons. The zero-order valence-electron chi connectivity index (χ0n) is 5.99. The van der Waals surface area contributed by atoms with Crippen LogP contribution in [0.25, 0.3) is 0 Å². The molecule has 1 unspecified atom stereocenters. The van der Waals surface area contributed by atoms with Crippen molar-refractivity contribution >= 4 is 21.7 Å². The number of anilines is 1. The molecule has 5 nitrogen and oxygen atoms in total. The van der Waals surface area contributed by atoms with Gasteiger partial charge in [-0.2, -0.15) is 0 Å². The Morgan fingerprint density at radius 2 is 2.58 bits per heavy atom. The zero-order chi connectivity index (χ0) is 8.55. The molecule has 64 valence electrons. The van der Waals surface area contributed by atoms with Gasteiger partial charge in [0.15, 0.2) is 12.0 Å². The van der Waals surface area contributed by atoms with Gasteiger partial charge in [-0.1, -0.05) is 0 Å². The average Bonchev–Trinajstić information content (AvgIpc) is 2.03. The number of aliphatic hydroxyl groups excluding tert-OH is 1. The van der Waals surface area contributed by atoms with Gasteiger partial charge in [0, 0.05) is 0 Å². The van der Waals surface area contributed by atoms with Crippen molar-refractivity contribution in [2.45, 2.75) is 6.23 Å². The van der Waals surface area contributed by atoms with E-state index in [-0.39, 0.29) is 6.61 Å². The van der Waals surface area contributed by atoms with Crippen molar-refractivity contribution in [3.63, 3.8) is 0 Å². The Hall–Kier alpha value is -0.880. The number of halogens is 1. The molecule has 0 fully saturated rings. The highest BCUT2D eigenvalue weighted by Gasteiger charge is 2.18. The summed E-state index contributed by atoms with van der Waals surface area (Å²) in [4.78, 5) is 7.97. The summed E-state index contributed by atoms with van der Waals surface area (Å²) >= 11 is 3.16. The molecule has 0 aliphatic carbocycles. The molecule has 0 bridgehead atoms. The fraction of sp³-hybridized carbons (Fsp3) is 0.333. The van der Waals surface area contributed by atoms with Crippen LogP contribution in [0.5, 0.6) is 5.88 Å². The Morgan fingerprint density at radius 3 is 3.42 bits per heavy atom. The fourth-order valence-corrected chi connectivity index (χ4v) is 1.19. The third kappa shape index (κ3) is 1.35. The van der Waals surface area contributed by atoms with Crippen LogP contribution < -0.4 is 10.1 Å². The summed E-state index contributed by atoms with van der Waals surface area (Å²) < 4.78 is 5.69. The lowest BCUT2D eigenvalue weighted by atomic mass is 10.5. The normalized spacial score (nSPS) is 20.7. The summed E-state index contributed by atoms with van der Waals surface area (Å²) in [5.41, 5.74) is 0. The van der Waals surface area contributed by atoms with E-state index >= 15 is 0 Å². The third-order valence-corrected chi connectivity index (χ3v) is 1.77. The second-order valence-electron chi connectivity index (χ2n) is 2.32. The average molecular weight is 232 g/mol. The summed E-state index contributed by atoms with van der Waals surface area (Å²) in [6.07, 6.45) is 0.833. The molecule has 1 aliphatic rings. The van der Waals surface area contributed by atoms with E-state index in [2.05, 4.69) is 31.2 Å². The van der Waals surface area contributed by atoms with Gasteiger partial charge in [-0.05, 0) is 15.9 Å². The molecule has 1 aromatic rings. The first kappa shape index (κ1) is 7.75. The number of ether oxygens (including phenoxy) is 1. The minimum atomic E-state index is -0.707. The van der Waals surface area contributed by atoms with Gasteiger partial charge in [-0.15, -0.1) is 0 Å². The SMILES string of the molecule is OC1COc2ncc(Br)nc2N1. The molecule has 0 saturated heterocycles. The topological polar surface area (TPSA) is 67.3 Å². The van der Waals surface area contributed by atoms with Crippen LogP contribution in [-0.2, 0) is 0 Å². The Bertz CT molecular complexity index is 307. The first-order valence-electron chi connectivity index (χ1n) is 3.35. The highest BCUT2D eigenvalue weighted by atomic mass is 79.9. The Morgan fingerprint density at radius 1 is 1.75 bits per heavy atom. The number of hydrogen-bond acceptors (Lipinski definition) is 5. The number of rotatable bonds is 0. The van der Waals surface area contributed by atoms with Crippen molar-refractivity contribution < 1.29 is 9.84 Å². The van der Waals surface area contributed by atoms with Crippen molar-refractivity contribution in [3.05, 3.63) is 10.8 Å². The number of aromatic nitrogens is 2. The van der Waals surface area contributed by atoms with Gasteiger partial charge in [0.2, 0.25) is 0 Å². The molecular weight excluding hydrogens is 226 g/mol. The van der Waals surface area contributed by atoms with Crippen molar-refractivity contribution in [3.8, 4) is 5.88 Å². The van der Waals surface area contributed by atoms with Crippen LogP contribution in [0.1, 0.15) is 0 Å². The van der Waals surface area contributed by atoms with Gasteiger partial charge < -0.3 is 15.2 Å². The summed E-state index contributed by atoms with van der Waals surface area (Å²) in [5.74, 6) is 0.881. The number of aliphatic hydroxyl groups is 1. The molecule has 0 saturated carbocycles. The highest BCUT2D eigenvalue weighted by molar-refractivity contribution is 9.10. The molecule has 2 heterocycles. The molecule has 12 heavy (non-hydrogen) atoms. The van der Waals surface area contributed by atoms with Gasteiger partial charge in [-0.25, -0.2) is 9.97 Å². The summed E-state index contributed by atoms with van der Waals surface area (Å²) in [6, 6.07) is 0. The summed E-state index contributed by atoms with van der Waals surface area (Å²) in [6.45, 7) is 0.198. The van der Waals surface area contributed by atoms with E-state index < -0.39 is 6.23 Å². The largest absolute Gasteiger partial charge is 0.470 e. The van der Waals surface area contributed by atoms with Gasteiger partial charge in [0.25, 0.3) is 5.88 Å². The molecule has 1 atom stereocenters. The van der Waals surface area contributed by atoms with Crippen LogP contribution >= 0.6 is 15.9 Å². The maximum Gasteiger partial charge on any atom is 0.257 e. The maximum absolute atomic E-state index is 9.13. The van der Waals surface area contributed by atoms with Crippen LogP contribution in [0.3, 0.4) is 0 Å². The van der Waals surface area contributed by atoms with Gasteiger partial charge >= 0.3 is 0 Å². The predicted octanol–water partition coefficient (Wildman–Crippen LogP) is 0.362. The molecule has 0 aromatic carbocycles.